The lowest BCUT2D eigenvalue weighted by atomic mass is 9.81. The Bertz CT molecular complexity index is 562. The first kappa shape index (κ1) is 18.1. The van der Waals surface area contributed by atoms with Crippen molar-refractivity contribution in [2.75, 3.05) is 6.54 Å². The van der Waals surface area contributed by atoms with Crippen molar-refractivity contribution >= 4 is 10.0 Å². The minimum absolute atomic E-state index is 0.00559. The van der Waals surface area contributed by atoms with E-state index < -0.39 is 21.5 Å². The van der Waals surface area contributed by atoms with E-state index in [1.165, 1.54) is 12.5 Å². The number of nitrogens with zero attached hydrogens (tertiary/aromatic N) is 2. The zero-order valence-electron chi connectivity index (χ0n) is 13.7. The summed E-state index contributed by atoms with van der Waals surface area (Å²) < 4.78 is 28.8. The molecule has 1 aromatic rings. The topological polar surface area (TPSA) is 84.2 Å². The molecule has 1 aromatic heterocycles. The van der Waals surface area contributed by atoms with Crippen LogP contribution in [0.4, 0.5) is 0 Å². The van der Waals surface area contributed by atoms with Crippen molar-refractivity contribution in [1.82, 2.24) is 14.3 Å². The molecule has 0 saturated carbocycles. The second-order valence-corrected chi connectivity index (χ2v) is 8.47. The van der Waals surface area contributed by atoms with Gasteiger partial charge in [-0.15, -0.1) is 0 Å². The Labute approximate surface area is 127 Å². The van der Waals surface area contributed by atoms with E-state index in [4.69, 9.17) is 0 Å². The second kappa shape index (κ2) is 6.46. The molecule has 1 unspecified atom stereocenters. The van der Waals surface area contributed by atoms with Crippen LogP contribution in [0.3, 0.4) is 0 Å². The molecular weight excluding hydrogens is 290 g/mol. The van der Waals surface area contributed by atoms with Gasteiger partial charge in [0.05, 0.1) is 12.4 Å². The van der Waals surface area contributed by atoms with Crippen LogP contribution >= 0.6 is 0 Å². The van der Waals surface area contributed by atoms with Gasteiger partial charge in [-0.3, -0.25) is 0 Å². The summed E-state index contributed by atoms with van der Waals surface area (Å²) in [6.07, 6.45) is 2.43. The molecule has 0 aliphatic rings. The molecule has 122 valence electrons. The molecule has 0 amide bonds. The molecular formula is C14H27N3O3S. The van der Waals surface area contributed by atoms with Crippen molar-refractivity contribution in [3.8, 4) is 0 Å². The Morgan fingerprint density at radius 3 is 2.33 bits per heavy atom. The normalized spacial score (nSPS) is 14.9. The van der Waals surface area contributed by atoms with Gasteiger partial charge in [-0.25, -0.2) is 18.1 Å². The first-order valence-corrected chi connectivity index (χ1v) is 8.67. The molecule has 7 heteroatoms. The van der Waals surface area contributed by atoms with Crippen LogP contribution in [0, 0.1) is 11.3 Å². The first-order valence-electron chi connectivity index (χ1n) is 7.18. The van der Waals surface area contributed by atoms with Crippen molar-refractivity contribution < 1.29 is 13.5 Å². The number of rotatable bonds is 7. The largest absolute Gasteiger partial charge is 0.392 e. The van der Waals surface area contributed by atoms with Crippen molar-refractivity contribution in [3.05, 3.63) is 12.5 Å². The number of sulfonamides is 1. The Morgan fingerprint density at radius 2 is 1.90 bits per heavy atom. The van der Waals surface area contributed by atoms with E-state index in [1.54, 1.807) is 4.57 Å². The summed E-state index contributed by atoms with van der Waals surface area (Å²) in [4.78, 5) is 3.94. The summed E-state index contributed by atoms with van der Waals surface area (Å²) in [5.74, 6) is 0.0599. The molecule has 6 nitrogen and oxygen atoms in total. The fourth-order valence-corrected chi connectivity index (χ4v) is 3.26. The molecule has 2 N–H and O–H groups in total. The number of hydrogen-bond donors (Lipinski definition) is 2. The summed E-state index contributed by atoms with van der Waals surface area (Å²) in [7, 11) is -3.66. The molecule has 0 bridgehead atoms. The third-order valence-corrected chi connectivity index (χ3v) is 4.89. The minimum atomic E-state index is -3.66. The lowest BCUT2D eigenvalue weighted by Gasteiger charge is -2.33. The van der Waals surface area contributed by atoms with E-state index in [0.717, 1.165) is 0 Å². The molecule has 0 aliphatic carbocycles. The van der Waals surface area contributed by atoms with Crippen LogP contribution in [0.1, 0.15) is 47.6 Å². The van der Waals surface area contributed by atoms with Gasteiger partial charge in [0.1, 0.15) is 0 Å². The number of hydrogen-bond acceptors (Lipinski definition) is 4. The predicted molar refractivity (Wildman–Crippen MR) is 82.4 cm³/mol. The maximum atomic E-state index is 12.2. The molecule has 1 atom stereocenters. The van der Waals surface area contributed by atoms with Crippen molar-refractivity contribution in [2.24, 2.45) is 11.3 Å². The van der Waals surface area contributed by atoms with Crippen LogP contribution in [-0.2, 0) is 10.0 Å². The van der Waals surface area contributed by atoms with Gasteiger partial charge in [-0.1, -0.05) is 27.7 Å². The highest BCUT2D eigenvalue weighted by Crippen LogP contribution is 2.25. The van der Waals surface area contributed by atoms with Gasteiger partial charge in [0.2, 0.25) is 0 Å². The van der Waals surface area contributed by atoms with Crippen LogP contribution in [-0.4, -0.2) is 35.7 Å². The second-order valence-electron chi connectivity index (χ2n) is 6.75. The monoisotopic (exact) mass is 317 g/mol. The summed E-state index contributed by atoms with van der Waals surface area (Å²) in [5, 5.41) is 10.1. The molecule has 0 saturated heterocycles. The predicted octanol–water partition coefficient (Wildman–Crippen LogP) is 1.79. The zero-order valence-corrected chi connectivity index (χ0v) is 14.5. The Balaban J connectivity index is 2.81. The number of aromatic nitrogens is 2. The Kier molecular flexibility index (Phi) is 5.57. The fraction of sp³-hybridized carbons (Fsp3) is 0.786. The van der Waals surface area contributed by atoms with E-state index >= 15 is 0 Å². The average molecular weight is 317 g/mol. The molecule has 0 aliphatic heterocycles. The van der Waals surface area contributed by atoms with Gasteiger partial charge in [-0.2, -0.15) is 0 Å². The number of aliphatic hydroxyl groups excluding tert-OH is 1. The van der Waals surface area contributed by atoms with Crippen LogP contribution in [0.15, 0.2) is 17.6 Å². The van der Waals surface area contributed by atoms with Gasteiger partial charge in [0, 0.05) is 24.2 Å². The lowest BCUT2D eigenvalue weighted by molar-refractivity contribution is 0.0166. The van der Waals surface area contributed by atoms with E-state index in [1.807, 2.05) is 41.5 Å². The van der Waals surface area contributed by atoms with Crippen molar-refractivity contribution in [1.29, 1.82) is 0 Å². The van der Waals surface area contributed by atoms with Crippen molar-refractivity contribution in [2.45, 2.75) is 58.7 Å². The van der Waals surface area contributed by atoms with E-state index in [-0.39, 0.29) is 23.5 Å². The summed E-state index contributed by atoms with van der Waals surface area (Å²) in [6.45, 7) is 11.6. The maximum Gasteiger partial charge on any atom is 0.259 e. The molecule has 0 spiro atoms. The number of nitrogens with one attached hydrogen (secondary N) is 1. The minimum Gasteiger partial charge on any atom is -0.392 e. The molecule has 1 rings (SSSR count). The Hall–Kier alpha value is -0.920. The molecule has 1 heterocycles. The zero-order chi connectivity index (χ0) is 16.4. The van der Waals surface area contributed by atoms with Gasteiger partial charge in [-0.05, 0) is 19.8 Å². The summed E-state index contributed by atoms with van der Waals surface area (Å²) >= 11 is 0. The number of imidazole rings is 1. The highest BCUT2D eigenvalue weighted by atomic mass is 32.2. The molecule has 0 aromatic carbocycles. The smallest absolute Gasteiger partial charge is 0.259 e. The van der Waals surface area contributed by atoms with Gasteiger partial charge >= 0.3 is 0 Å². The summed E-state index contributed by atoms with van der Waals surface area (Å²) in [6, 6.07) is 0.153. The quantitative estimate of drug-likeness (QED) is 0.803. The van der Waals surface area contributed by atoms with E-state index in [0.29, 0.717) is 0 Å². The molecule has 0 radical (unpaired) electrons. The summed E-state index contributed by atoms with van der Waals surface area (Å²) in [5.41, 5.74) is -0.554. The van der Waals surface area contributed by atoms with Crippen LogP contribution in [0.2, 0.25) is 0 Å². The van der Waals surface area contributed by atoms with E-state index in [2.05, 4.69) is 9.71 Å². The standard InChI is InChI=1S/C14H27N3O3S/c1-10(2)13(18)14(5,6)8-16-21(19,20)12-7-17(9-15-12)11(3)4/h7,9-11,13,16,18H,8H2,1-6H3. The lowest BCUT2D eigenvalue weighted by Crippen LogP contribution is -2.43. The molecule has 21 heavy (non-hydrogen) atoms. The third kappa shape index (κ3) is 4.52. The third-order valence-electron chi connectivity index (χ3n) is 3.60. The van der Waals surface area contributed by atoms with Crippen molar-refractivity contribution in [3.63, 3.8) is 0 Å². The van der Waals surface area contributed by atoms with Gasteiger partial charge in [0.25, 0.3) is 10.0 Å². The molecule has 0 fully saturated rings. The van der Waals surface area contributed by atoms with E-state index in [9.17, 15) is 13.5 Å². The van der Waals surface area contributed by atoms with Crippen LogP contribution < -0.4 is 4.72 Å². The highest BCUT2D eigenvalue weighted by molar-refractivity contribution is 7.89. The number of aliphatic hydroxyl groups is 1. The maximum absolute atomic E-state index is 12.2. The van der Waals surface area contributed by atoms with Gasteiger partial charge < -0.3 is 9.67 Å². The average Bonchev–Trinajstić information content (AvgIpc) is 2.86. The fourth-order valence-electron chi connectivity index (χ4n) is 2.10. The van der Waals surface area contributed by atoms with Crippen LogP contribution in [0.5, 0.6) is 0 Å². The SMILES string of the molecule is CC(C)C(O)C(C)(C)CNS(=O)(=O)c1cn(C(C)C)cn1. The van der Waals surface area contributed by atoms with Gasteiger partial charge in [0.15, 0.2) is 5.03 Å². The highest BCUT2D eigenvalue weighted by Gasteiger charge is 2.32. The first-order chi connectivity index (χ1) is 9.47. The van der Waals surface area contributed by atoms with Crippen LogP contribution in [0.25, 0.3) is 0 Å². The Morgan fingerprint density at radius 1 is 1.33 bits per heavy atom.